The summed E-state index contributed by atoms with van der Waals surface area (Å²) >= 11 is 6.08. The first kappa shape index (κ1) is 34.1. The maximum atomic E-state index is 13.9. The Morgan fingerprint density at radius 1 is 0.870 bits per heavy atom. The summed E-state index contributed by atoms with van der Waals surface area (Å²) in [6.45, 7) is 5.75. The molecule has 0 spiro atoms. The summed E-state index contributed by atoms with van der Waals surface area (Å²) in [5.74, 6) is 1.00. The number of halogens is 1. The van der Waals surface area contributed by atoms with Crippen molar-refractivity contribution >= 4 is 39.4 Å². The molecule has 242 valence electrons. The minimum Gasteiger partial charge on any atom is -0.493 e. The van der Waals surface area contributed by atoms with Crippen LogP contribution in [0.15, 0.2) is 88.9 Å². The first-order chi connectivity index (χ1) is 22.0. The van der Waals surface area contributed by atoms with Crippen LogP contribution in [-0.4, -0.2) is 47.9 Å². The molecule has 0 unspecified atom stereocenters. The van der Waals surface area contributed by atoms with E-state index in [0.29, 0.717) is 46.7 Å². The van der Waals surface area contributed by atoms with Crippen molar-refractivity contribution in [2.24, 2.45) is 5.10 Å². The minimum atomic E-state index is -4.21. The number of hydrogen-bond donors (Lipinski definition) is 1. The molecule has 46 heavy (non-hydrogen) atoms. The van der Waals surface area contributed by atoms with Gasteiger partial charge in [-0.3, -0.25) is 9.10 Å². The van der Waals surface area contributed by atoms with E-state index in [0.717, 1.165) is 21.0 Å². The molecule has 0 radical (unpaired) electrons. The highest BCUT2D eigenvalue weighted by Gasteiger charge is 2.28. The molecule has 0 atom stereocenters. The van der Waals surface area contributed by atoms with E-state index in [1.807, 2.05) is 45.0 Å². The van der Waals surface area contributed by atoms with Crippen LogP contribution in [0.1, 0.15) is 29.2 Å². The summed E-state index contributed by atoms with van der Waals surface area (Å²) in [5.41, 5.74) is 5.99. The van der Waals surface area contributed by atoms with Crippen LogP contribution in [0.5, 0.6) is 23.0 Å². The van der Waals surface area contributed by atoms with Gasteiger partial charge in [-0.15, -0.1) is 0 Å². The fraction of sp³-hybridized carbons (Fsp3) is 0.235. The van der Waals surface area contributed by atoms with Crippen LogP contribution in [0, 0.1) is 13.8 Å². The smallest absolute Gasteiger partial charge is 0.264 e. The number of hydrogen-bond acceptors (Lipinski definition) is 8. The summed E-state index contributed by atoms with van der Waals surface area (Å²) in [6, 6.07) is 22.2. The summed E-state index contributed by atoms with van der Waals surface area (Å²) in [4.78, 5) is 13.1. The van der Waals surface area contributed by atoms with Gasteiger partial charge >= 0.3 is 0 Å². The van der Waals surface area contributed by atoms with Crippen molar-refractivity contribution < 1.29 is 32.2 Å². The number of methoxy groups -OCH3 is 2. The Balaban J connectivity index is 1.53. The zero-order valence-electron chi connectivity index (χ0n) is 26.2. The number of nitrogens with zero attached hydrogens (tertiary/aromatic N) is 2. The average molecular weight is 666 g/mol. The lowest BCUT2D eigenvalue weighted by molar-refractivity contribution is -0.119. The Labute approximate surface area is 274 Å². The van der Waals surface area contributed by atoms with E-state index in [2.05, 4.69) is 10.5 Å². The Morgan fingerprint density at radius 3 is 2.26 bits per heavy atom. The van der Waals surface area contributed by atoms with Crippen LogP contribution >= 0.6 is 11.6 Å². The lowest BCUT2D eigenvalue weighted by atomic mass is 10.1. The number of amides is 1. The fourth-order valence-electron chi connectivity index (χ4n) is 4.64. The van der Waals surface area contributed by atoms with Gasteiger partial charge in [-0.05, 0) is 97.6 Å². The maximum Gasteiger partial charge on any atom is 0.264 e. The fourth-order valence-corrected chi connectivity index (χ4v) is 6.27. The highest BCUT2D eigenvalue weighted by molar-refractivity contribution is 7.92. The summed E-state index contributed by atoms with van der Waals surface area (Å²) in [5, 5.41) is 4.69. The summed E-state index contributed by atoms with van der Waals surface area (Å²) < 4.78 is 51.2. The van der Waals surface area contributed by atoms with Gasteiger partial charge in [0.15, 0.2) is 23.0 Å². The molecule has 4 aromatic carbocycles. The Morgan fingerprint density at radius 2 is 1.59 bits per heavy atom. The molecule has 1 amide bonds. The van der Waals surface area contributed by atoms with Gasteiger partial charge in [0.1, 0.15) is 13.2 Å². The van der Waals surface area contributed by atoms with E-state index in [1.54, 1.807) is 36.4 Å². The van der Waals surface area contributed by atoms with E-state index in [9.17, 15) is 13.2 Å². The van der Waals surface area contributed by atoms with Crippen molar-refractivity contribution in [2.45, 2.75) is 32.3 Å². The van der Waals surface area contributed by atoms with Crippen LogP contribution in [0.4, 0.5) is 5.69 Å². The second-order valence-electron chi connectivity index (χ2n) is 10.2. The van der Waals surface area contributed by atoms with Gasteiger partial charge in [0.2, 0.25) is 0 Å². The molecule has 4 aromatic rings. The van der Waals surface area contributed by atoms with Crippen molar-refractivity contribution in [3.63, 3.8) is 0 Å². The number of carbonyl (C=O) groups excluding carboxylic acids is 1. The minimum absolute atomic E-state index is 0.0678. The zero-order valence-corrected chi connectivity index (χ0v) is 27.8. The van der Waals surface area contributed by atoms with Crippen LogP contribution in [-0.2, 0) is 21.4 Å². The number of rotatable bonds is 14. The van der Waals surface area contributed by atoms with Gasteiger partial charge in [0, 0.05) is 11.1 Å². The maximum absolute atomic E-state index is 13.9. The van der Waals surface area contributed by atoms with E-state index < -0.39 is 22.5 Å². The van der Waals surface area contributed by atoms with Crippen molar-refractivity contribution in [2.75, 3.05) is 31.7 Å². The number of sulfonamides is 1. The summed E-state index contributed by atoms with van der Waals surface area (Å²) in [6.07, 6.45) is 1.44. The van der Waals surface area contributed by atoms with Gasteiger partial charge in [-0.1, -0.05) is 29.8 Å². The van der Waals surface area contributed by atoms with Gasteiger partial charge < -0.3 is 18.9 Å². The van der Waals surface area contributed by atoms with Crippen molar-refractivity contribution in [3.8, 4) is 23.0 Å². The SMILES string of the molecule is CCOc1cc(/C=N\NC(=O)CN(c2cc(C)cc(C)c2)S(=O)(=O)c2ccc(OC)c(OC)c2)ccc1OCc1cccc(Cl)c1. The molecule has 0 aliphatic rings. The second kappa shape index (κ2) is 15.5. The Kier molecular flexibility index (Phi) is 11.5. The number of aryl methyl sites for hydroxylation is 2. The molecule has 0 aromatic heterocycles. The molecule has 10 nitrogen and oxygen atoms in total. The van der Waals surface area contributed by atoms with Gasteiger partial charge in [-0.2, -0.15) is 5.10 Å². The van der Waals surface area contributed by atoms with Crippen molar-refractivity contribution in [1.82, 2.24) is 5.43 Å². The highest BCUT2D eigenvalue weighted by Crippen LogP contribution is 2.33. The molecule has 12 heteroatoms. The topological polar surface area (TPSA) is 116 Å². The lowest BCUT2D eigenvalue weighted by Crippen LogP contribution is -2.39. The highest BCUT2D eigenvalue weighted by atomic mass is 35.5. The predicted molar refractivity (Wildman–Crippen MR) is 179 cm³/mol. The molecule has 0 saturated heterocycles. The second-order valence-corrected chi connectivity index (χ2v) is 12.5. The third-order valence-electron chi connectivity index (χ3n) is 6.68. The molecular formula is C34H36ClN3O7S. The van der Waals surface area contributed by atoms with Crippen LogP contribution in [0.3, 0.4) is 0 Å². The molecule has 0 aliphatic heterocycles. The van der Waals surface area contributed by atoms with E-state index >= 15 is 0 Å². The number of carbonyl (C=O) groups is 1. The molecule has 1 N–H and O–H groups in total. The molecule has 0 bridgehead atoms. The van der Waals surface area contributed by atoms with Crippen LogP contribution in [0.2, 0.25) is 5.02 Å². The van der Waals surface area contributed by atoms with Gasteiger partial charge in [0.05, 0.1) is 37.6 Å². The molecule has 0 saturated carbocycles. The largest absolute Gasteiger partial charge is 0.493 e. The molecular weight excluding hydrogens is 630 g/mol. The number of hydrazone groups is 1. The van der Waals surface area contributed by atoms with E-state index in [1.165, 1.54) is 38.6 Å². The van der Waals surface area contributed by atoms with Crippen molar-refractivity contribution in [3.05, 3.63) is 106 Å². The number of nitrogens with one attached hydrogen (secondary N) is 1. The molecule has 4 rings (SSSR count). The monoisotopic (exact) mass is 665 g/mol. The first-order valence-corrected chi connectivity index (χ1v) is 16.1. The quantitative estimate of drug-likeness (QED) is 0.124. The third kappa shape index (κ3) is 8.70. The lowest BCUT2D eigenvalue weighted by Gasteiger charge is -2.25. The Hall–Kier alpha value is -4.74. The Bertz CT molecular complexity index is 1810. The summed E-state index contributed by atoms with van der Waals surface area (Å²) in [7, 11) is -1.34. The van der Waals surface area contributed by atoms with Crippen LogP contribution in [0.25, 0.3) is 0 Å². The predicted octanol–water partition coefficient (Wildman–Crippen LogP) is 6.30. The number of benzene rings is 4. The van der Waals surface area contributed by atoms with Gasteiger partial charge in [-0.25, -0.2) is 13.8 Å². The zero-order chi connectivity index (χ0) is 33.3. The van der Waals surface area contributed by atoms with Crippen molar-refractivity contribution in [1.29, 1.82) is 0 Å². The third-order valence-corrected chi connectivity index (χ3v) is 8.68. The number of ether oxygens (including phenoxy) is 4. The van der Waals surface area contributed by atoms with E-state index in [-0.39, 0.29) is 10.6 Å². The number of anilines is 1. The molecule has 0 aliphatic carbocycles. The van der Waals surface area contributed by atoms with Crippen LogP contribution < -0.4 is 28.7 Å². The molecule has 0 fully saturated rings. The van der Waals surface area contributed by atoms with E-state index in [4.69, 9.17) is 30.5 Å². The average Bonchev–Trinajstić information content (AvgIpc) is 3.02. The molecule has 0 heterocycles. The normalized spacial score (nSPS) is 11.3. The van der Waals surface area contributed by atoms with Gasteiger partial charge in [0.25, 0.3) is 15.9 Å². The first-order valence-electron chi connectivity index (χ1n) is 14.3. The standard InChI is InChI=1S/C34H36ClN3O7S/c1-6-44-33-18-25(10-12-31(33)45-22-26-8-7-9-27(35)17-26)20-36-37-34(39)21-38(28-15-23(2)14-24(3)16-28)46(40,41)29-11-13-30(42-4)32(19-29)43-5/h7-20H,6,21-22H2,1-5H3,(H,37,39)/b36-20-.